The molecule has 0 radical (unpaired) electrons. The summed E-state index contributed by atoms with van der Waals surface area (Å²) in [4.78, 5) is 16.8. The fraction of sp³-hybridized carbons (Fsp3) is 0.474. The van der Waals surface area contributed by atoms with E-state index in [0.29, 0.717) is 32.6 Å². The standard InChI is InChI=1S/C19H24N2O3S/c22-14-19(8-10-24-11-9-19)13-20-17(23)7-6-16-12-25-18(21-16)15-4-2-1-3-5-15/h1-5,12,22H,6-11,13-14H2,(H,20,23). The molecule has 0 atom stereocenters. The number of carbonyl (C=O) groups excluding carboxylic acids is 1. The Labute approximate surface area is 152 Å². The van der Waals surface area contributed by atoms with Crippen LogP contribution in [0.15, 0.2) is 35.7 Å². The largest absolute Gasteiger partial charge is 0.396 e. The average molecular weight is 360 g/mol. The number of benzene rings is 1. The number of hydrogen-bond donors (Lipinski definition) is 2. The summed E-state index contributed by atoms with van der Waals surface area (Å²) in [7, 11) is 0. The maximum atomic E-state index is 12.1. The van der Waals surface area contributed by atoms with Gasteiger partial charge in [-0.2, -0.15) is 0 Å². The summed E-state index contributed by atoms with van der Waals surface area (Å²) in [6.45, 7) is 1.90. The first-order chi connectivity index (χ1) is 12.2. The van der Waals surface area contributed by atoms with Gasteiger partial charge in [0.2, 0.25) is 5.91 Å². The number of thiazole rings is 1. The Morgan fingerprint density at radius 3 is 2.76 bits per heavy atom. The lowest BCUT2D eigenvalue weighted by atomic mass is 9.81. The number of carbonyl (C=O) groups is 1. The molecule has 134 valence electrons. The minimum atomic E-state index is -0.227. The van der Waals surface area contributed by atoms with E-state index in [0.717, 1.165) is 29.1 Å². The third-order valence-electron chi connectivity index (χ3n) is 4.73. The van der Waals surface area contributed by atoms with Crippen molar-refractivity contribution in [2.45, 2.75) is 25.7 Å². The number of aryl methyl sites for hydroxylation is 1. The number of amides is 1. The van der Waals surface area contributed by atoms with Crippen LogP contribution in [0.3, 0.4) is 0 Å². The van der Waals surface area contributed by atoms with E-state index in [1.54, 1.807) is 11.3 Å². The van der Waals surface area contributed by atoms with E-state index in [2.05, 4.69) is 10.3 Å². The van der Waals surface area contributed by atoms with E-state index in [4.69, 9.17) is 4.74 Å². The fourth-order valence-electron chi connectivity index (χ4n) is 2.95. The van der Waals surface area contributed by atoms with Crippen molar-refractivity contribution in [2.75, 3.05) is 26.4 Å². The SMILES string of the molecule is O=C(CCc1csc(-c2ccccc2)n1)NCC1(CO)CCOCC1. The van der Waals surface area contributed by atoms with Crippen LogP contribution in [0, 0.1) is 5.41 Å². The molecule has 1 aliphatic heterocycles. The van der Waals surface area contributed by atoms with E-state index in [1.807, 2.05) is 35.7 Å². The Morgan fingerprint density at radius 2 is 2.04 bits per heavy atom. The Hall–Kier alpha value is -1.76. The van der Waals surface area contributed by atoms with Gasteiger partial charge in [0.15, 0.2) is 0 Å². The van der Waals surface area contributed by atoms with Crippen LogP contribution < -0.4 is 5.32 Å². The van der Waals surface area contributed by atoms with Gasteiger partial charge in [-0.05, 0) is 19.3 Å². The van der Waals surface area contributed by atoms with E-state index in [9.17, 15) is 9.90 Å². The molecule has 0 saturated carbocycles. The fourth-order valence-corrected chi connectivity index (χ4v) is 3.81. The van der Waals surface area contributed by atoms with Gasteiger partial charge < -0.3 is 15.2 Å². The van der Waals surface area contributed by atoms with Crippen molar-refractivity contribution in [3.8, 4) is 10.6 Å². The Kier molecular flexibility index (Phi) is 6.18. The Balaban J connectivity index is 1.47. The highest BCUT2D eigenvalue weighted by molar-refractivity contribution is 7.13. The van der Waals surface area contributed by atoms with E-state index in [-0.39, 0.29) is 17.9 Å². The zero-order valence-electron chi connectivity index (χ0n) is 14.2. The normalized spacial score (nSPS) is 16.5. The summed E-state index contributed by atoms with van der Waals surface area (Å²) < 4.78 is 5.35. The molecule has 5 nitrogen and oxygen atoms in total. The third kappa shape index (κ3) is 4.87. The van der Waals surface area contributed by atoms with Gasteiger partial charge in [0.05, 0.1) is 12.3 Å². The quantitative estimate of drug-likeness (QED) is 0.796. The maximum absolute atomic E-state index is 12.1. The molecule has 1 aromatic heterocycles. The molecule has 2 aromatic rings. The molecule has 1 amide bonds. The third-order valence-corrected chi connectivity index (χ3v) is 5.67. The number of ether oxygens (including phenoxy) is 1. The summed E-state index contributed by atoms with van der Waals surface area (Å²) in [5.74, 6) is 0.00794. The molecule has 25 heavy (non-hydrogen) atoms. The number of aliphatic hydroxyl groups is 1. The highest BCUT2D eigenvalue weighted by Gasteiger charge is 2.32. The molecule has 1 saturated heterocycles. The van der Waals surface area contributed by atoms with Crippen molar-refractivity contribution in [3.05, 3.63) is 41.4 Å². The van der Waals surface area contributed by atoms with Crippen LogP contribution >= 0.6 is 11.3 Å². The number of nitrogens with one attached hydrogen (secondary N) is 1. The maximum Gasteiger partial charge on any atom is 0.220 e. The van der Waals surface area contributed by atoms with Gasteiger partial charge in [-0.25, -0.2) is 4.98 Å². The summed E-state index contributed by atoms with van der Waals surface area (Å²) in [6.07, 6.45) is 2.62. The molecule has 0 aliphatic carbocycles. The first-order valence-electron chi connectivity index (χ1n) is 8.66. The molecule has 1 fully saturated rings. The Bertz CT molecular complexity index is 681. The van der Waals surface area contributed by atoms with E-state index >= 15 is 0 Å². The minimum Gasteiger partial charge on any atom is -0.396 e. The van der Waals surface area contributed by atoms with Crippen LogP contribution in [0.2, 0.25) is 0 Å². The van der Waals surface area contributed by atoms with E-state index in [1.165, 1.54) is 0 Å². The van der Waals surface area contributed by atoms with Gasteiger partial charge in [-0.1, -0.05) is 30.3 Å². The molecule has 2 N–H and O–H groups in total. The lowest BCUT2D eigenvalue weighted by Crippen LogP contribution is -2.43. The van der Waals surface area contributed by atoms with Gasteiger partial charge in [0, 0.05) is 42.5 Å². The molecular formula is C19H24N2O3S. The number of aromatic nitrogens is 1. The molecule has 6 heteroatoms. The molecule has 0 unspecified atom stereocenters. The molecule has 1 aliphatic rings. The topological polar surface area (TPSA) is 71.5 Å². The summed E-state index contributed by atoms with van der Waals surface area (Å²) >= 11 is 1.60. The van der Waals surface area contributed by atoms with Crippen molar-refractivity contribution in [1.82, 2.24) is 10.3 Å². The summed E-state index contributed by atoms with van der Waals surface area (Å²) in [5, 5.41) is 15.6. The first kappa shape index (κ1) is 18.0. The second kappa shape index (κ2) is 8.56. The van der Waals surface area contributed by atoms with Crippen LogP contribution in [0.4, 0.5) is 0 Å². The number of rotatable bonds is 7. The van der Waals surface area contributed by atoms with Crippen LogP contribution in [0.25, 0.3) is 10.6 Å². The smallest absolute Gasteiger partial charge is 0.220 e. The second-order valence-electron chi connectivity index (χ2n) is 6.56. The number of hydrogen-bond acceptors (Lipinski definition) is 5. The molecule has 1 aromatic carbocycles. The highest BCUT2D eigenvalue weighted by Crippen LogP contribution is 2.29. The zero-order valence-corrected chi connectivity index (χ0v) is 15.1. The van der Waals surface area contributed by atoms with Crippen molar-refractivity contribution < 1.29 is 14.6 Å². The van der Waals surface area contributed by atoms with Crippen molar-refractivity contribution in [1.29, 1.82) is 0 Å². The first-order valence-corrected chi connectivity index (χ1v) is 9.54. The highest BCUT2D eigenvalue weighted by atomic mass is 32.1. The molecule has 0 spiro atoms. The van der Waals surface area contributed by atoms with Crippen LogP contribution in [0.1, 0.15) is 25.0 Å². The molecular weight excluding hydrogens is 336 g/mol. The lowest BCUT2D eigenvalue weighted by Gasteiger charge is -2.35. The molecule has 3 rings (SSSR count). The van der Waals surface area contributed by atoms with Crippen molar-refractivity contribution in [3.63, 3.8) is 0 Å². The predicted octanol–water partition coefficient (Wildman–Crippen LogP) is 2.65. The van der Waals surface area contributed by atoms with Crippen LogP contribution in [-0.2, 0) is 16.0 Å². The van der Waals surface area contributed by atoms with Gasteiger partial charge >= 0.3 is 0 Å². The summed E-state index contributed by atoms with van der Waals surface area (Å²) in [6, 6.07) is 10.1. The zero-order chi connectivity index (χ0) is 17.5. The predicted molar refractivity (Wildman–Crippen MR) is 98.5 cm³/mol. The van der Waals surface area contributed by atoms with Crippen molar-refractivity contribution >= 4 is 17.2 Å². The second-order valence-corrected chi connectivity index (χ2v) is 7.42. The van der Waals surface area contributed by atoms with Crippen LogP contribution in [0.5, 0.6) is 0 Å². The summed E-state index contributed by atoms with van der Waals surface area (Å²) in [5.41, 5.74) is 1.82. The molecule has 2 heterocycles. The monoisotopic (exact) mass is 360 g/mol. The van der Waals surface area contributed by atoms with Gasteiger partial charge in [0.1, 0.15) is 5.01 Å². The lowest BCUT2D eigenvalue weighted by molar-refractivity contribution is -0.122. The van der Waals surface area contributed by atoms with Gasteiger partial charge in [-0.3, -0.25) is 4.79 Å². The minimum absolute atomic E-state index is 0.00794. The van der Waals surface area contributed by atoms with Gasteiger partial charge in [-0.15, -0.1) is 11.3 Å². The average Bonchev–Trinajstić information content (AvgIpc) is 3.15. The van der Waals surface area contributed by atoms with Crippen molar-refractivity contribution in [2.24, 2.45) is 5.41 Å². The van der Waals surface area contributed by atoms with E-state index < -0.39 is 0 Å². The van der Waals surface area contributed by atoms with Crippen LogP contribution in [-0.4, -0.2) is 42.4 Å². The number of nitrogens with zero attached hydrogens (tertiary/aromatic N) is 1. The Morgan fingerprint density at radius 1 is 1.28 bits per heavy atom. The number of aliphatic hydroxyl groups excluding tert-OH is 1. The van der Waals surface area contributed by atoms with Gasteiger partial charge in [0.25, 0.3) is 0 Å². The molecule has 0 bridgehead atoms.